The zero-order valence-corrected chi connectivity index (χ0v) is 23.5. The molecule has 0 fully saturated rings. The molecule has 0 N–H and O–H groups in total. The number of benzene rings is 2. The van der Waals surface area contributed by atoms with Crippen molar-refractivity contribution in [3.63, 3.8) is 0 Å². The van der Waals surface area contributed by atoms with E-state index in [-0.39, 0.29) is 28.0 Å². The van der Waals surface area contributed by atoms with Crippen molar-refractivity contribution >= 4 is 46.3 Å². The molecule has 0 radical (unpaired) electrons. The highest BCUT2D eigenvalue weighted by molar-refractivity contribution is 7.17. The Morgan fingerprint density at radius 1 is 0.921 bits per heavy atom. The predicted molar refractivity (Wildman–Crippen MR) is 142 cm³/mol. The molecule has 0 aliphatic heterocycles. The molecule has 38 heavy (non-hydrogen) atoms. The number of Topliss-reactive ketones (excluding diaryl/α,β-unsaturated/α-hetero) is 1. The second-order valence-electron chi connectivity index (χ2n) is 10.1. The molecule has 0 amide bonds. The molecule has 0 aliphatic carbocycles. The summed E-state index contributed by atoms with van der Waals surface area (Å²) in [5, 5.41) is 11.4. The molecular formula is C28H26Cl2F3O4S-. The third-order valence-corrected chi connectivity index (χ3v) is 8.16. The number of thiophene rings is 1. The molecule has 4 nitrogen and oxygen atoms in total. The number of carboxylic acids is 1. The van der Waals surface area contributed by atoms with E-state index in [0.29, 0.717) is 22.4 Å². The van der Waals surface area contributed by atoms with Crippen LogP contribution in [0.3, 0.4) is 0 Å². The van der Waals surface area contributed by atoms with Crippen molar-refractivity contribution in [2.24, 2.45) is 0 Å². The lowest BCUT2D eigenvalue weighted by Gasteiger charge is -2.28. The van der Waals surface area contributed by atoms with Crippen LogP contribution in [0.4, 0.5) is 13.2 Å². The Bertz CT molecular complexity index is 1330. The second-order valence-corrected chi connectivity index (χ2v) is 11.9. The number of carbonyl (C=O) groups excluding carboxylic acids is 2. The lowest BCUT2D eigenvalue weighted by atomic mass is 9.81. The molecule has 0 atom stereocenters. The van der Waals surface area contributed by atoms with Gasteiger partial charge in [0, 0.05) is 11.3 Å². The van der Waals surface area contributed by atoms with Crippen LogP contribution in [-0.2, 0) is 16.6 Å². The van der Waals surface area contributed by atoms with Gasteiger partial charge in [0.05, 0.1) is 22.3 Å². The van der Waals surface area contributed by atoms with Crippen LogP contribution in [0.25, 0.3) is 10.4 Å². The number of aryl methyl sites for hydroxylation is 1. The van der Waals surface area contributed by atoms with Crippen molar-refractivity contribution in [2.75, 3.05) is 0 Å². The molecule has 10 heteroatoms. The smallest absolute Gasteiger partial charge is 0.389 e. The number of hydrogen-bond donors (Lipinski definition) is 0. The van der Waals surface area contributed by atoms with Crippen molar-refractivity contribution in [1.29, 1.82) is 0 Å². The van der Waals surface area contributed by atoms with Gasteiger partial charge in [-0.1, -0.05) is 67.4 Å². The summed E-state index contributed by atoms with van der Waals surface area (Å²) in [6.07, 6.45) is -4.71. The SMILES string of the molecule is CC(C)(Oc1ccc(CCC(=O)c2ccc(-c3ccc(C(C)(C)CC(F)(F)F)cc3)s2)c(Cl)c1Cl)C(=O)[O-]. The van der Waals surface area contributed by atoms with Gasteiger partial charge in [0.2, 0.25) is 0 Å². The van der Waals surface area contributed by atoms with E-state index in [9.17, 15) is 27.9 Å². The predicted octanol–water partition coefficient (Wildman–Crippen LogP) is 7.67. The maximum Gasteiger partial charge on any atom is 0.389 e. The minimum absolute atomic E-state index is 0.0474. The number of hydrogen-bond acceptors (Lipinski definition) is 5. The van der Waals surface area contributed by atoms with Crippen LogP contribution >= 0.6 is 34.5 Å². The van der Waals surface area contributed by atoms with Gasteiger partial charge in [0.15, 0.2) is 5.78 Å². The Morgan fingerprint density at radius 3 is 2.13 bits per heavy atom. The van der Waals surface area contributed by atoms with Crippen molar-refractivity contribution in [2.45, 2.75) is 64.1 Å². The first-order valence-corrected chi connectivity index (χ1v) is 13.3. The standard InChI is InChI=1S/C28H27Cl2F3O4S/c1-26(2,15-28(31,32)33)18-9-5-16(6-10-18)21-13-14-22(38-21)19(34)11-7-17-8-12-20(24(30)23(17)29)37-27(3,4)25(35)36/h5-6,8-10,12-14H,7,11,15H2,1-4H3,(H,35,36)/p-1. The van der Waals surface area contributed by atoms with Gasteiger partial charge in [-0.2, -0.15) is 13.2 Å². The number of carbonyl (C=O) groups is 2. The second kappa shape index (κ2) is 11.3. The van der Waals surface area contributed by atoms with E-state index in [2.05, 4.69) is 0 Å². The molecule has 0 bridgehead atoms. The molecule has 0 spiro atoms. The van der Waals surface area contributed by atoms with E-state index < -0.39 is 29.6 Å². The van der Waals surface area contributed by atoms with E-state index in [1.165, 1.54) is 31.3 Å². The molecule has 2 aromatic carbocycles. The lowest BCUT2D eigenvalue weighted by Crippen LogP contribution is -2.48. The first-order chi connectivity index (χ1) is 17.5. The zero-order valence-electron chi connectivity index (χ0n) is 21.2. The molecule has 0 saturated heterocycles. The summed E-state index contributed by atoms with van der Waals surface area (Å²) < 4.78 is 44.1. The highest BCUT2D eigenvalue weighted by Gasteiger charge is 2.37. The Morgan fingerprint density at radius 2 is 1.55 bits per heavy atom. The molecule has 1 aromatic heterocycles. The molecule has 0 unspecified atom stereocenters. The van der Waals surface area contributed by atoms with Gasteiger partial charge in [0.1, 0.15) is 16.4 Å². The number of ketones is 1. The molecule has 3 rings (SSSR count). The topological polar surface area (TPSA) is 66.4 Å². The molecule has 204 valence electrons. The fourth-order valence-corrected chi connectivity index (χ4v) is 5.32. The van der Waals surface area contributed by atoms with Crippen LogP contribution in [0.15, 0.2) is 48.5 Å². The van der Waals surface area contributed by atoms with E-state index >= 15 is 0 Å². The summed E-state index contributed by atoms with van der Waals surface area (Å²) in [5.74, 6) is -1.41. The zero-order chi connectivity index (χ0) is 28.5. The van der Waals surface area contributed by atoms with Crippen LogP contribution in [0.1, 0.15) is 61.3 Å². The van der Waals surface area contributed by atoms with Gasteiger partial charge in [-0.15, -0.1) is 11.3 Å². The number of rotatable bonds is 10. The fourth-order valence-electron chi connectivity index (χ4n) is 3.86. The van der Waals surface area contributed by atoms with Crippen LogP contribution in [0, 0.1) is 0 Å². The summed E-state index contributed by atoms with van der Waals surface area (Å²) in [4.78, 5) is 25.4. The summed E-state index contributed by atoms with van der Waals surface area (Å²) in [5.41, 5.74) is -0.656. The molecule has 0 aliphatic rings. The molecule has 1 heterocycles. The first kappa shape index (κ1) is 30.0. The minimum atomic E-state index is -4.26. The van der Waals surface area contributed by atoms with Gasteiger partial charge in [-0.05, 0) is 60.6 Å². The molecular weight excluding hydrogens is 560 g/mol. The van der Waals surface area contributed by atoms with Gasteiger partial charge in [0.25, 0.3) is 0 Å². The number of halogens is 5. The third-order valence-electron chi connectivity index (χ3n) is 6.08. The van der Waals surface area contributed by atoms with Crippen molar-refractivity contribution in [1.82, 2.24) is 0 Å². The highest BCUT2D eigenvalue weighted by Crippen LogP contribution is 2.39. The van der Waals surface area contributed by atoms with E-state index in [1.54, 1.807) is 50.2 Å². The van der Waals surface area contributed by atoms with Crippen LogP contribution < -0.4 is 9.84 Å². The fraction of sp³-hybridized carbons (Fsp3) is 0.357. The maximum absolute atomic E-state index is 12.9. The van der Waals surface area contributed by atoms with Crippen molar-refractivity contribution in [3.8, 4) is 16.2 Å². The normalized spacial score (nSPS) is 12.4. The van der Waals surface area contributed by atoms with Crippen LogP contribution in [0.5, 0.6) is 5.75 Å². The Balaban J connectivity index is 1.67. The third kappa shape index (κ3) is 7.30. The van der Waals surface area contributed by atoms with Crippen molar-refractivity contribution in [3.05, 3.63) is 74.6 Å². The Hall–Kier alpha value is -2.55. The largest absolute Gasteiger partial charge is 0.546 e. The number of carboxylic acid groups (broad SMARTS) is 1. The van der Waals surface area contributed by atoms with Crippen LogP contribution in [0.2, 0.25) is 10.0 Å². The van der Waals surface area contributed by atoms with Gasteiger partial charge in [-0.25, -0.2) is 0 Å². The number of ether oxygens (including phenoxy) is 1. The lowest BCUT2D eigenvalue weighted by molar-refractivity contribution is -0.320. The average Bonchev–Trinajstić information content (AvgIpc) is 3.30. The number of aliphatic carboxylic acids is 1. The summed E-state index contributed by atoms with van der Waals surface area (Å²) in [6, 6.07) is 13.6. The summed E-state index contributed by atoms with van der Waals surface area (Å²) in [7, 11) is 0. The van der Waals surface area contributed by atoms with Gasteiger partial charge in [-0.3, -0.25) is 4.79 Å². The van der Waals surface area contributed by atoms with E-state index in [4.69, 9.17) is 27.9 Å². The molecule has 0 saturated carbocycles. The molecule has 3 aromatic rings. The summed E-state index contributed by atoms with van der Waals surface area (Å²) in [6.45, 7) is 5.78. The van der Waals surface area contributed by atoms with Gasteiger partial charge >= 0.3 is 6.18 Å². The first-order valence-electron chi connectivity index (χ1n) is 11.7. The number of alkyl halides is 3. The minimum Gasteiger partial charge on any atom is -0.546 e. The quantitative estimate of drug-likeness (QED) is 0.229. The summed E-state index contributed by atoms with van der Waals surface area (Å²) >= 11 is 13.9. The Labute approximate surface area is 233 Å². The van der Waals surface area contributed by atoms with E-state index in [0.717, 1.165) is 10.4 Å². The monoisotopic (exact) mass is 585 g/mol. The highest BCUT2D eigenvalue weighted by atomic mass is 35.5. The maximum atomic E-state index is 12.9. The van der Waals surface area contributed by atoms with E-state index in [1.807, 2.05) is 6.07 Å². The average molecular weight is 586 g/mol. The van der Waals surface area contributed by atoms with Crippen molar-refractivity contribution < 1.29 is 32.6 Å². The van der Waals surface area contributed by atoms with Gasteiger partial charge < -0.3 is 14.6 Å². The van der Waals surface area contributed by atoms with Crippen LogP contribution in [-0.4, -0.2) is 23.5 Å². The Kier molecular flexibility index (Phi) is 8.91.